The van der Waals surface area contributed by atoms with E-state index in [-0.39, 0.29) is 0 Å². The quantitative estimate of drug-likeness (QED) is 0.777. The first kappa shape index (κ1) is 15.4. The molecule has 104 valence electrons. The Kier molecular flexibility index (Phi) is 6.65. The third-order valence-corrected chi connectivity index (χ3v) is 3.99. The maximum atomic E-state index is 4.41. The van der Waals surface area contributed by atoms with Gasteiger partial charge in [0, 0.05) is 30.2 Å². The van der Waals surface area contributed by atoms with Gasteiger partial charge in [-0.3, -0.25) is 4.90 Å². The van der Waals surface area contributed by atoms with Gasteiger partial charge in [0.25, 0.3) is 0 Å². The van der Waals surface area contributed by atoms with Gasteiger partial charge in [-0.05, 0) is 32.7 Å². The highest BCUT2D eigenvalue weighted by molar-refractivity contribution is 7.15. The van der Waals surface area contributed by atoms with Crippen LogP contribution in [0.3, 0.4) is 0 Å². The lowest BCUT2D eigenvalue weighted by molar-refractivity contribution is 0.222. The predicted molar refractivity (Wildman–Crippen MR) is 81.3 cm³/mol. The van der Waals surface area contributed by atoms with E-state index in [1.54, 1.807) is 11.3 Å². The molecule has 1 heterocycles. The first-order valence-electron chi connectivity index (χ1n) is 6.91. The number of aromatic nitrogens is 1. The molecule has 0 saturated carbocycles. The molecule has 1 atom stereocenters. The summed E-state index contributed by atoms with van der Waals surface area (Å²) in [7, 11) is 2.20. The summed E-state index contributed by atoms with van der Waals surface area (Å²) in [6.07, 6.45) is 4.39. The van der Waals surface area contributed by atoms with Gasteiger partial charge in [0.05, 0.1) is 0 Å². The van der Waals surface area contributed by atoms with Crippen molar-refractivity contribution in [2.24, 2.45) is 5.92 Å². The van der Waals surface area contributed by atoms with Crippen molar-refractivity contribution < 1.29 is 0 Å². The average molecular weight is 269 g/mol. The standard InChI is InChI=1S/C14H27N3S/c1-6-7-15-14-16-9-13(18-14)10-17(5)12(4)8-11(2)3/h9,11-12H,6-8,10H2,1-5H3,(H,15,16). The highest BCUT2D eigenvalue weighted by Gasteiger charge is 2.12. The molecule has 1 aromatic heterocycles. The van der Waals surface area contributed by atoms with E-state index in [2.05, 4.69) is 49.9 Å². The SMILES string of the molecule is CCCNc1ncc(CN(C)C(C)CC(C)C)s1. The van der Waals surface area contributed by atoms with Crippen LogP contribution in [0.2, 0.25) is 0 Å². The maximum absolute atomic E-state index is 4.41. The van der Waals surface area contributed by atoms with Gasteiger partial charge in [-0.1, -0.05) is 20.8 Å². The normalized spacial score (nSPS) is 13.3. The Labute approximate surface area is 116 Å². The zero-order chi connectivity index (χ0) is 13.5. The summed E-state index contributed by atoms with van der Waals surface area (Å²) in [4.78, 5) is 8.16. The fraction of sp³-hybridized carbons (Fsp3) is 0.786. The third kappa shape index (κ3) is 5.36. The van der Waals surface area contributed by atoms with Crippen LogP contribution in [0.25, 0.3) is 0 Å². The van der Waals surface area contributed by atoms with E-state index in [4.69, 9.17) is 0 Å². The number of rotatable bonds is 8. The molecule has 0 spiro atoms. The molecule has 3 nitrogen and oxygen atoms in total. The summed E-state index contributed by atoms with van der Waals surface area (Å²) in [5.74, 6) is 0.755. The average Bonchev–Trinajstić information content (AvgIpc) is 2.73. The van der Waals surface area contributed by atoms with Crippen LogP contribution in [0, 0.1) is 5.92 Å². The first-order chi connectivity index (χ1) is 8.52. The van der Waals surface area contributed by atoms with Crippen molar-refractivity contribution in [1.82, 2.24) is 9.88 Å². The molecule has 1 N–H and O–H groups in total. The van der Waals surface area contributed by atoms with E-state index < -0.39 is 0 Å². The van der Waals surface area contributed by atoms with Gasteiger partial charge in [0.15, 0.2) is 5.13 Å². The zero-order valence-corrected chi connectivity index (χ0v) is 13.2. The van der Waals surface area contributed by atoms with Gasteiger partial charge in [0.1, 0.15) is 0 Å². The predicted octanol–water partition coefficient (Wildman–Crippen LogP) is 3.83. The second-order valence-electron chi connectivity index (χ2n) is 5.45. The molecule has 0 bridgehead atoms. The van der Waals surface area contributed by atoms with Crippen LogP contribution in [0.1, 0.15) is 45.4 Å². The summed E-state index contributed by atoms with van der Waals surface area (Å²) < 4.78 is 0. The lowest BCUT2D eigenvalue weighted by atomic mass is 10.0. The van der Waals surface area contributed by atoms with Crippen molar-refractivity contribution >= 4 is 16.5 Å². The molecular weight excluding hydrogens is 242 g/mol. The van der Waals surface area contributed by atoms with Crippen LogP contribution >= 0.6 is 11.3 Å². The van der Waals surface area contributed by atoms with Crippen LogP contribution in [0.4, 0.5) is 5.13 Å². The van der Waals surface area contributed by atoms with Crippen molar-refractivity contribution in [2.45, 2.75) is 53.1 Å². The molecular formula is C14H27N3S. The van der Waals surface area contributed by atoms with Crippen LogP contribution in [0.5, 0.6) is 0 Å². The summed E-state index contributed by atoms with van der Waals surface area (Å²) in [6.45, 7) is 11.0. The first-order valence-corrected chi connectivity index (χ1v) is 7.73. The minimum atomic E-state index is 0.624. The highest BCUT2D eigenvalue weighted by Crippen LogP contribution is 2.21. The van der Waals surface area contributed by atoms with Crippen molar-refractivity contribution in [3.63, 3.8) is 0 Å². The number of hydrogen-bond donors (Lipinski definition) is 1. The monoisotopic (exact) mass is 269 g/mol. The summed E-state index contributed by atoms with van der Waals surface area (Å²) in [5.41, 5.74) is 0. The highest BCUT2D eigenvalue weighted by atomic mass is 32.1. The van der Waals surface area contributed by atoms with Gasteiger partial charge in [-0.2, -0.15) is 0 Å². The van der Waals surface area contributed by atoms with Gasteiger partial charge in [0.2, 0.25) is 0 Å². The van der Waals surface area contributed by atoms with Crippen molar-refractivity contribution in [3.8, 4) is 0 Å². The Morgan fingerprint density at radius 1 is 1.39 bits per heavy atom. The number of thiazole rings is 1. The van der Waals surface area contributed by atoms with E-state index in [1.807, 2.05) is 6.20 Å². The van der Waals surface area contributed by atoms with Gasteiger partial charge >= 0.3 is 0 Å². The fourth-order valence-corrected chi connectivity index (χ4v) is 2.86. The molecule has 0 radical (unpaired) electrons. The van der Waals surface area contributed by atoms with Gasteiger partial charge in [-0.15, -0.1) is 11.3 Å². The molecule has 18 heavy (non-hydrogen) atoms. The van der Waals surface area contributed by atoms with Crippen LogP contribution < -0.4 is 5.32 Å². The molecule has 1 unspecified atom stereocenters. The van der Waals surface area contributed by atoms with E-state index in [0.29, 0.717) is 6.04 Å². The summed E-state index contributed by atoms with van der Waals surface area (Å²) >= 11 is 1.77. The molecule has 0 saturated heterocycles. The molecule has 0 aliphatic heterocycles. The van der Waals surface area contributed by atoms with E-state index in [1.165, 1.54) is 11.3 Å². The maximum Gasteiger partial charge on any atom is 0.182 e. The molecule has 1 rings (SSSR count). The van der Waals surface area contributed by atoms with Crippen molar-refractivity contribution in [1.29, 1.82) is 0 Å². The largest absolute Gasteiger partial charge is 0.362 e. The summed E-state index contributed by atoms with van der Waals surface area (Å²) in [5, 5.41) is 4.39. The Morgan fingerprint density at radius 3 is 2.72 bits per heavy atom. The van der Waals surface area contributed by atoms with Crippen LogP contribution in [0.15, 0.2) is 6.20 Å². The fourth-order valence-electron chi connectivity index (χ4n) is 1.96. The van der Waals surface area contributed by atoms with E-state index >= 15 is 0 Å². The third-order valence-electron chi connectivity index (χ3n) is 3.05. The molecule has 0 aromatic carbocycles. The van der Waals surface area contributed by atoms with Crippen LogP contribution in [-0.4, -0.2) is 29.5 Å². The zero-order valence-electron chi connectivity index (χ0n) is 12.4. The number of nitrogens with zero attached hydrogens (tertiary/aromatic N) is 2. The van der Waals surface area contributed by atoms with Crippen LogP contribution in [-0.2, 0) is 6.54 Å². The Balaban J connectivity index is 2.43. The minimum Gasteiger partial charge on any atom is -0.362 e. The van der Waals surface area contributed by atoms with Crippen molar-refractivity contribution in [2.75, 3.05) is 18.9 Å². The lowest BCUT2D eigenvalue weighted by Gasteiger charge is -2.25. The molecule has 0 fully saturated rings. The second kappa shape index (κ2) is 7.74. The number of nitrogens with one attached hydrogen (secondary N) is 1. The molecule has 4 heteroatoms. The number of hydrogen-bond acceptors (Lipinski definition) is 4. The molecule has 0 aliphatic carbocycles. The van der Waals surface area contributed by atoms with Crippen molar-refractivity contribution in [3.05, 3.63) is 11.1 Å². The van der Waals surface area contributed by atoms with E-state index in [0.717, 1.165) is 30.6 Å². The van der Waals surface area contributed by atoms with E-state index in [9.17, 15) is 0 Å². The van der Waals surface area contributed by atoms with Gasteiger partial charge < -0.3 is 5.32 Å². The smallest absolute Gasteiger partial charge is 0.182 e. The topological polar surface area (TPSA) is 28.2 Å². The number of anilines is 1. The summed E-state index contributed by atoms with van der Waals surface area (Å²) in [6, 6.07) is 0.624. The molecule has 1 aromatic rings. The Bertz CT molecular complexity index is 336. The van der Waals surface area contributed by atoms with Gasteiger partial charge in [-0.25, -0.2) is 4.98 Å². The molecule has 0 amide bonds. The minimum absolute atomic E-state index is 0.624. The second-order valence-corrected chi connectivity index (χ2v) is 6.57. The Morgan fingerprint density at radius 2 is 2.11 bits per heavy atom. The Hall–Kier alpha value is -0.610. The lowest BCUT2D eigenvalue weighted by Crippen LogP contribution is -2.29. The molecule has 0 aliphatic rings.